The van der Waals surface area contributed by atoms with Gasteiger partial charge >= 0.3 is 0 Å². The molecule has 2 bridgehead atoms. The molecule has 0 radical (unpaired) electrons. The van der Waals surface area contributed by atoms with Crippen molar-refractivity contribution in [3.8, 4) is 5.75 Å². The fourth-order valence-corrected chi connectivity index (χ4v) is 8.19. The molecule has 2 fully saturated rings. The zero-order valence-corrected chi connectivity index (χ0v) is 23.5. The van der Waals surface area contributed by atoms with E-state index in [0.29, 0.717) is 24.7 Å². The first-order valence-electron chi connectivity index (χ1n) is 12.9. The number of halogens is 1. The summed E-state index contributed by atoms with van der Waals surface area (Å²) in [6.45, 7) is 4.49. The summed E-state index contributed by atoms with van der Waals surface area (Å²) in [6, 6.07) is 26.3. The molecule has 7 heteroatoms. The van der Waals surface area contributed by atoms with Crippen LogP contribution in [-0.4, -0.2) is 42.2 Å². The summed E-state index contributed by atoms with van der Waals surface area (Å²) < 4.78 is 9.25. The number of nitrogens with zero attached hydrogens (tertiary/aromatic N) is 1. The zero-order chi connectivity index (χ0) is 27.6. The highest BCUT2D eigenvalue weighted by atomic mass is 79.9. The fourth-order valence-electron chi connectivity index (χ4n) is 6.98. The van der Waals surface area contributed by atoms with Crippen molar-refractivity contribution in [1.29, 1.82) is 0 Å². The van der Waals surface area contributed by atoms with E-state index in [0.717, 1.165) is 22.3 Å². The second kappa shape index (κ2) is 9.00. The third-order valence-electron chi connectivity index (χ3n) is 8.66. The number of rotatable bonds is 7. The van der Waals surface area contributed by atoms with E-state index in [1.54, 1.807) is 31.4 Å². The molecule has 0 N–H and O–H groups in total. The number of hydrogen-bond donors (Lipinski definition) is 0. The molecule has 3 aromatic rings. The lowest BCUT2D eigenvalue weighted by molar-refractivity contribution is -0.133. The minimum absolute atomic E-state index is 0.113. The van der Waals surface area contributed by atoms with Crippen molar-refractivity contribution in [2.24, 2.45) is 16.7 Å². The van der Waals surface area contributed by atoms with Crippen LogP contribution in [0.25, 0.3) is 11.1 Å². The van der Waals surface area contributed by atoms with Crippen molar-refractivity contribution in [3.05, 3.63) is 96.1 Å². The average molecular weight is 586 g/mol. The minimum atomic E-state index is -1.43. The maximum Gasteiger partial charge on any atom is 0.252 e. The summed E-state index contributed by atoms with van der Waals surface area (Å²) in [6.07, 6.45) is 0. The predicted octanol–water partition coefficient (Wildman–Crippen LogP) is 5.55. The number of ketones is 1. The highest BCUT2D eigenvalue weighted by Gasteiger charge is 2.85. The van der Waals surface area contributed by atoms with E-state index < -0.39 is 27.0 Å². The van der Waals surface area contributed by atoms with Crippen LogP contribution in [0.5, 0.6) is 5.75 Å². The van der Waals surface area contributed by atoms with Crippen molar-refractivity contribution < 1.29 is 23.9 Å². The SMILES string of the molecule is COCCOc1ccc(N2C(=O)C3C4(C)C(=O)C(C)(C(c5ccccc5)=C4c4ccccc4)C3(Br)C2=O)cc1. The number of benzene rings is 3. The van der Waals surface area contributed by atoms with E-state index in [-0.39, 0.29) is 11.7 Å². The third-order valence-corrected chi connectivity index (χ3v) is 10.2. The van der Waals surface area contributed by atoms with E-state index in [9.17, 15) is 14.4 Å². The molecule has 39 heavy (non-hydrogen) atoms. The van der Waals surface area contributed by atoms with Crippen molar-refractivity contribution in [1.82, 2.24) is 0 Å². The number of carbonyl (C=O) groups is 3. The minimum Gasteiger partial charge on any atom is -0.491 e. The normalized spacial score (nSPS) is 29.4. The summed E-state index contributed by atoms with van der Waals surface area (Å²) in [7, 11) is 1.60. The Labute approximate surface area is 235 Å². The fraction of sp³-hybridized carbons (Fsp3) is 0.281. The number of fused-ring (bicyclic) bond motifs is 5. The Morgan fingerprint density at radius 3 is 1.92 bits per heavy atom. The number of ether oxygens (including phenoxy) is 2. The lowest BCUT2D eigenvalue weighted by Crippen LogP contribution is -2.50. The quantitative estimate of drug-likeness (QED) is 0.206. The highest BCUT2D eigenvalue weighted by Crippen LogP contribution is 2.77. The Kier molecular flexibility index (Phi) is 5.93. The molecule has 3 aliphatic rings. The Balaban J connectivity index is 1.51. The first-order valence-corrected chi connectivity index (χ1v) is 13.7. The van der Waals surface area contributed by atoms with Gasteiger partial charge in [-0.3, -0.25) is 14.4 Å². The second-order valence-electron chi connectivity index (χ2n) is 10.6. The molecule has 0 spiro atoms. The van der Waals surface area contributed by atoms with Gasteiger partial charge in [0.1, 0.15) is 16.7 Å². The van der Waals surface area contributed by atoms with Crippen LogP contribution in [0.15, 0.2) is 84.9 Å². The number of amides is 2. The van der Waals surface area contributed by atoms with Gasteiger partial charge in [-0.2, -0.15) is 0 Å². The molecule has 6 rings (SSSR count). The molecule has 0 aromatic heterocycles. The van der Waals surface area contributed by atoms with Gasteiger partial charge in [0.25, 0.3) is 5.91 Å². The molecule has 1 saturated carbocycles. The van der Waals surface area contributed by atoms with Crippen molar-refractivity contribution >= 4 is 50.4 Å². The lowest BCUT2D eigenvalue weighted by atomic mass is 9.63. The smallest absolute Gasteiger partial charge is 0.252 e. The summed E-state index contributed by atoms with van der Waals surface area (Å²) in [5.41, 5.74) is 1.30. The average Bonchev–Trinajstić information content (AvgIpc) is 3.34. The maximum atomic E-state index is 14.5. The highest BCUT2D eigenvalue weighted by molar-refractivity contribution is 9.10. The maximum absolute atomic E-state index is 14.5. The van der Waals surface area contributed by atoms with E-state index in [1.807, 2.05) is 74.5 Å². The van der Waals surface area contributed by atoms with Gasteiger partial charge in [-0.25, -0.2) is 4.90 Å². The molecule has 4 unspecified atom stereocenters. The summed E-state index contributed by atoms with van der Waals surface area (Å²) >= 11 is 3.79. The number of anilines is 1. The van der Waals surface area contributed by atoms with E-state index in [2.05, 4.69) is 15.9 Å². The predicted molar refractivity (Wildman–Crippen MR) is 152 cm³/mol. The van der Waals surface area contributed by atoms with Gasteiger partial charge in [-0.05, 0) is 60.4 Å². The van der Waals surface area contributed by atoms with Crippen molar-refractivity contribution in [2.45, 2.75) is 18.2 Å². The second-order valence-corrected chi connectivity index (χ2v) is 11.8. The summed E-state index contributed by atoms with van der Waals surface area (Å²) in [5.74, 6) is -1.22. The zero-order valence-electron chi connectivity index (χ0n) is 21.9. The summed E-state index contributed by atoms with van der Waals surface area (Å²) in [5, 5.41) is 0. The largest absolute Gasteiger partial charge is 0.491 e. The number of carbonyl (C=O) groups excluding carboxylic acids is 3. The molecule has 3 aromatic carbocycles. The van der Waals surface area contributed by atoms with Crippen LogP contribution in [0.3, 0.4) is 0 Å². The van der Waals surface area contributed by atoms with E-state index in [1.165, 1.54) is 4.90 Å². The molecule has 1 heterocycles. The van der Waals surface area contributed by atoms with Gasteiger partial charge in [-0.1, -0.05) is 76.6 Å². The number of Topliss-reactive ketones (excluding diaryl/α,β-unsaturated/α-hetero) is 1. The number of methoxy groups -OCH3 is 1. The summed E-state index contributed by atoms with van der Waals surface area (Å²) in [4.78, 5) is 44.3. The molecule has 198 valence electrons. The van der Waals surface area contributed by atoms with Crippen LogP contribution in [0, 0.1) is 16.7 Å². The van der Waals surface area contributed by atoms with Crippen LogP contribution < -0.4 is 9.64 Å². The van der Waals surface area contributed by atoms with Gasteiger partial charge in [0.05, 0.1) is 29.0 Å². The van der Waals surface area contributed by atoms with Crippen molar-refractivity contribution in [2.75, 3.05) is 25.2 Å². The van der Waals surface area contributed by atoms with E-state index >= 15 is 0 Å². The molecular formula is C32H28BrNO5. The number of imide groups is 1. The lowest BCUT2D eigenvalue weighted by Gasteiger charge is -2.41. The first kappa shape index (κ1) is 25.7. The number of alkyl halides is 1. The topological polar surface area (TPSA) is 72.9 Å². The monoisotopic (exact) mass is 585 g/mol. The Bertz CT molecular complexity index is 1520. The van der Waals surface area contributed by atoms with Gasteiger partial charge < -0.3 is 9.47 Å². The molecule has 6 nitrogen and oxygen atoms in total. The van der Waals surface area contributed by atoms with Gasteiger partial charge in [-0.15, -0.1) is 0 Å². The number of hydrogen-bond acceptors (Lipinski definition) is 5. The van der Waals surface area contributed by atoms with Crippen LogP contribution in [0.2, 0.25) is 0 Å². The Morgan fingerprint density at radius 2 is 1.36 bits per heavy atom. The van der Waals surface area contributed by atoms with Crippen LogP contribution in [0.1, 0.15) is 25.0 Å². The molecule has 4 atom stereocenters. The Morgan fingerprint density at radius 1 is 0.795 bits per heavy atom. The van der Waals surface area contributed by atoms with Gasteiger partial charge in [0.15, 0.2) is 5.78 Å². The standard InChI is InChI=1S/C32H28BrNO5/c1-30-24(20-10-6-4-7-11-20)25(21-12-8-5-9-13-21)31(2,28(30)36)32(33)26(30)27(35)34(29(32)37)22-14-16-23(17-15-22)39-19-18-38-3/h4-17,26H,18-19H2,1-3H3. The molecule has 2 amide bonds. The molecule has 1 aliphatic heterocycles. The Hall–Kier alpha value is -3.55. The number of allylic oxidation sites excluding steroid dienone is 2. The van der Waals surface area contributed by atoms with Gasteiger partial charge in [0.2, 0.25) is 5.91 Å². The third kappa shape index (κ3) is 3.20. The van der Waals surface area contributed by atoms with Crippen LogP contribution in [-0.2, 0) is 19.1 Å². The first-order chi connectivity index (χ1) is 18.7. The van der Waals surface area contributed by atoms with Crippen LogP contribution in [0.4, 0.5) is 5.69 Å². The molecular weight excluding hydrogens is 558 g/mol. The molecule has 1 saturated heterocycles. The van der Waals surface area contributed by atoms with Crippen molar-refractivity contribution in [3.63, 3.8) is 0 Å². The van der Waals surface area contributed by atoms with E-state index in [4.69, 9.17) is 9.47 Å². The molecule has 2 aliphatic carbocycles. The van der Waals surface area contributed by atoms with Crippen LogP contribution >= 0.6 is 15.9 Å². The van der Waals surface area contributed by atoms with Gasteiger partial charge in [0, 0.05) is 7.11 Å².